The fourth-order valence-electron chi connectivity index (χ4n) is 9.24. The molecule has 0 aromatic heterocycles. The molecule has 49 heavy (non-hydrogen) atoms. The van der Waals surface area contributed by atoms with Crippen LogP contribution >= 0.6 is 0 Å². The lowest BCUT2D eigenvalue weighted by Crippen LogP contribution is -2.54. The number of aliphatic carboxylic acids is 1. The van der Waals surface area contributed by atoms with Gasteiger partial charge in [0.15, 0.2) is 5.79 Å². The SMILES string of the molecule is CCC(C(=O)O)C1CCCC(C(C)CC(C)C(=O)[C@H](CC)CC(C)CC(C)C2(OF)C=CCC3(CC[C@@](C)(C4CCC(O)C(C)O4)O3)O2)O1. The molecule has 0 aromatic rings. The Balaban J connectivity index is 1.32. The minimum atomic E-state index is -1.60. The largest absolute Gasteiger partial charge is 0.481 e. The second kappa shape index (κ2) is 16.9. The maximum absolute atomic E-state index is 14.6. The van der Waals surface area contributed by atoms with Crippen molar-refractivity contribution in [1.82, 2.24) is 0 Å². The zero-order valence-electron chi connectivity index (χ0n) is 31.3. The van der Waals surface area contributed by atoms with Gasteiger partial charge in [-0.25, -0.2) is 0 Å². The van der Waals surface area contributed by atoms with Crippen LogP contribution < -0.4 is 0 Å². The molecule has 12 unspecified atom stereocenters. The fraction of sp³-hybridized carbons (Fsp3) is 0.897. The topological polar surface area (TPSA) is 121 Å². The van der Waals surface area contributed by atoms with Crippen molar-refractivity contribution >= 4 is 11.8 Å². The Bertz CT molecular complexity index is 1130. The number of rotatable bonds is 16. The summed E-state index contributed by atoms with van der Waals surface area (Å²) >= 11 is 0. The number of carbonyl (C=O) groups is 2. The second-order valence-electron chi connectivity index (χ2n) is 16.4. The lowest BCUT2D eigenvalue weighted by Gasteiger charge is -2.46. The van der Waals surface area contributed by atoms with Gasteiger partial charge in [-0.2, -0.15) is 4.94 Å². The van der Waals surface area contributed by atoms with E-state index in [1.54, 1.807) is 6.08 Å². The molecule has 4 heterocycles. The standard InChI is InChI=1S/C39H65FO9/c1-9-29(35(42)26(5)23-25(4)32-13-11-14-33(46-32)30(10-2)36(43)44)22-24(3)21-27(6)39(49-40)18-12-17-38(48-39)20-19-37(8,47-38)34-16-15-31(41)28(7)45-34/h12,18,24-34,41H,9-11,13-17,19-23H2,1-8H3,(H,43,44)/t24?,25?,26?,27?,28?,29-,30?,31?,32?,33?,34?,37+,38?,39?/m1/s1. The van der Waals surface area contributed by atoms with Crippen molar-refractivity contribution in [3.8, 4) is 0 Å². The summed E-state index contributed by atoms with van der Waals surface area (Å²) in [4.78, 5) is 30.2. The lowest BCUT2D eigenvalue weighted by molar-refractivity contribution is -0.418. The van der Waals surface area contributed by atoms with E-state index >= 15 is 0 Å². The molecule has 0 amide bonds. The van der Waals surface area contributed by atoms with Crippen LogP contribution in [0.4, 0.5) is 4.53 Å². The van der Waals surface area contributed by atoms with Crippen LogP contribution in [0.5, 0.6) is 0 Å². The minimum absolute atomic E-state index is 0.0423. The van der Waals surface area contributed by atoms with Crippen molar-refractivity contribution in [1.29, 1.82) is 0 Å². The van der Waals surface area contributed by atoms with Gasteiger partial charge in [0.2, 0.25) is 5.79 Å². The van der Waals surface area contributed by atoms with Gasteiger partial charge < -0.3 is 29.2 Å². The summed E-state index contributed by atoms with van der Waals surface area (Å²) in [6, 6.07) is 0. The third-order valence-electron chi connectivity index (χ3n) is 12.4. The van der Waals surface area contributed by atoms with Gasteiger partial charge in [0.05, 0.1) is 42.0 Å². The van der Waals surface area contributed by atoms with Crippen molar-refractivity contribution in [3.05, 3.63) is 12.2 Å². The highest BCUT2D eigenvalue weighted by Gasteiger charge is 2.58. The molecule has 14 atom stereocenters. The molecule has 0 aromatic carbocycles. The molecular weight excluding hydrogens is 631 g/mol. The number of carbonyl (C=O) groups excluding carboxylic acids is 1. The molecule has 1 spiro atoms. The van der Waals surface area contributed by atoms with Gasteiger partial charge in [-0.15, -0.1) is 0 Å². The average molecular weight is 697 g/mol. The molecule has 3 fully saturated rings. The van der Waals surface area contributed by atoms with Crippen LogP contribution in [-0.4, -0.2) is 69.7 Å². The van der Waals surface area contributed by atoms with E-state index in [2.05, 4.69) is 25.7 Å². The maximum atomic E-state index is 14.6. The first-order chi connectivity index (χ1) is 23.1. The van der Waals surface area contributed by atoms with Crippen molar-refractivity contribution in [2.75, 3.05) is 0 Å². The first kappa shape index (κ1) is 40.3. The summed E-state index contributed by atoms with van der Waals surface area (Å²) in [5.41, 5.74) is -0.623. The number of ketones is 1. The molecule has 4 aliphatic heterocycles. The minimum Gasteiger partial charge on any atom is -0.481 e. The first-order valence-electron chi connectivity index (χ1n) is 19.2. The highest BCUT2D eigenvalue weighted by Crippen LogP contribution is 2.51. The number of hydrogen-bond donors (Lipinski definition) is 2. The Morgan fingerprint density at radius 1 is 0.959 bits per heavy atom. The average Bonchev–Trinajstić information content (AvgIpc) is 3.40. The van der Waals surface area contributed by atoms with Crippen molar-refractivity contribution in [2.24, 2.45) is 35.5 Å². The van der Waals surface area contributed by atoms with Crippen LogP contribution in [-0.2, 0) is 33.5 Å². The Morgan fingerprint density at radius 2 is 1.67 bits per heavy atom. The van der Waals surface area contributed by atoms with E-state index in [-0.39, 0.29) is 59.8 Å². The van der Waals surface area contributed by atoms with Gasteiger partial charge in [0, 0.05) is 30.6 Å². The zero-order valence-corrected chi connectivity index (χ0v) is 31.3. The normalized spacial score (nSPS) is 38.9. The van der Waals surface area contributed by atoms with Crippen LogP contribution in [0.1, 0.15) is 139 Å². The molecule has 3 saturated heterocycles. The van der Waals surface area contributed by atoms with E-state index in [4.69, 9.17) is 18.9 Å². The number of halogens is 1. The lowest BCUT2D eigenvalue weighted by atomic mass is 9.78. The number of aliphatic hydroxyl groups is 1. The molecule has 10 heteroatoms. The number of aliphatic hydroxyl groups excluding tert-OH is 1. The van der Waals surface area contributed by atoms with Gasteiger partial charge in [0.1, 0.15) is 5.78 Å². The number of Topliss-reactive ketones (excluding diaryl/α,β-unsaturated/α-hetero) is 1. The molecule has 0 saturated carbocycles. The Morgan fingerprint density at radius 3 is 2.31 bits per heavy atom. The molecular formula is C39H65FO9. The van der Waals surface area contributed by atoms with Crippen molar-refractivity contribution in [3.63, 3.8) is 0 Å². The van der Waals surface area contributed by atoms with Crippen LogP contribution in [0.3, 0.4) is 0 Å². The number of ether oxygens (including phenoxy) is 4. The van der Waals surface area contributed by atoms with Crippen LogP contribution in [0, 0.1) is 35.5 Å². The summed E-state index contributed by atoms with van der Waals surface area (Å²) in [5.74, 6) is -4.04. The van der Waals surface area contributed by atoms with Gasteiger partial charge in [-0.1, -0.05) is 47.6 Å². The van der Waals surface area contributed by atoms with Gasteiger partial charge in [0.25, 0.3) is 0 Å². The van der Waals surface area contributed by atoms with E-state index < -0.39 is 35.2 Å². The first-order valence-corrected chi connectivity index (χ1v) is 19.2. The monoisotopic (exact) mass is 696 g/mol. The molecule has 2 N–H and O–H groups in total. The molecule has 9 nitrogen and oxygen atoms in total. The number of hydrogen-bond acceptors (Lipinski definition) is 8. The summed E-state index contributed by atoms with van der Waals surface area (Å²) < 4.78 is 40.2. The summed E-state index contributed by atoms with van der Waals surface area (Å²) in [6.07, 6.45) is 11.2. The van der Waals surface area contributed by atoms with E-state index in [0.29, 0.717) is 57.8 Å². The fourth-order valence-corrected chi connectivity index (χ4v) is 9.24. The summed E-state index contributed by atoms with van der Waals surface area (Å²) in [6.45, 7) is 16.0. The van der Waals surface area contributed by atoms with Crippen LogP contribution in [0.25, 0.3) is 0 Å². The molecule has 0 aliphatic carbocycles. The predicted molar refractivity (Wildman–Crippen MR) is 184 cm³/mol. The Kier molecular flexibility index (Phi) is 13.9. The van der Waals surface area contributed by atoms with Crippen molar-refractivity contribution < 1.29 is 48.2 Å². The summed E-state index contributed by atoms with van der Waals surface area (Å²) in [7, 11) is 0. The van der Waals surface area contributed by atoms with E-state index in [0.717, 1.165) is 25.7 Å². The van der Waals surface area contributed by atoms with E-state index in [9.17, 15) is 24.3 Å². The van der Waals surface area contributed by atoms with Crippen molar-refractivity contribution in [2.45, 2.75) is 187 Å². The number of carboxylic acids is 1. The van der Waals surface area contributed by atoms with E-state index in [1.807, 2.05) is 40.7 Å². The molecule has 4 rings (SSSR count). The maximum Gasteiger partial charge on any atom is 0.309 e. The van der Waals surface area contributed by atoms with Crippen LogP contribution in [0.15, 0.2) is 12.2 Å². The number of carboxylic acid groups (broad SMARTS) is 1. The Hall–Kier alpha value is -1.43. The molecule has 282 valence electrons. The smallest absolute Gasteiger partial charge is 0.309 e. The predicted octanol–water partition coefficient (Wildman–Crippen LogP) is 8.11. The molecule has 4 aliphatic rings. The zero-order chi connectivity index (χ0) is 36.1. The van der Waals surface area contributed by atoms with E-state index in [1.165, 1.54) is 0 Å². The molecule has 0 radical (unpaired) electrons. The summed E-state index contributed by atoms with van der Waals surface area (Å²) in [5, 5.41) is 19.8. The van der Waals surface area contributed by atoms with Crippen LogP contribution in [0.2, 0.25) is 0 Å². The highest BCUT2D eigenvalue weighted by molar-refractivity contribution is 5.83. The molecule has 0 bridgehead atoms. The third kappa shape index (κ3) is 9.33. The van der Waals surface area contributed by atoms with Gasteiger partial charge in [-0.05, 0) is 107 Å². The quantitative estimate of drug-likeness (QED) is 0.154. The second-order valence-corrected chi connectivity index (χ2v) is 16.4. The van der Waals surface area contributed by atoms with Gasteiger partial charge >= 0.3 is 5.97 Å². The third-order valence-corrected chi connectivity index (χ3v) is 12.4. The Labute approximate surface area is 293 Å². The van der Waals surface area contributed by atoms with Gasteiger partial charge in [-0.3, -0.25) is 9.59 Å². The highest BCUT2D eigenvalue weighted by atomic mass is 19.3.